The van der Waals surface area contributed by atoms with Gasteiger partial charge in [0.15, 0.2) is 5.16 Å². The molecule has 2 rings (SSSR count). The van der Waals surface area contributed by atoms with Crippen LogP contribution in [0.15, 0.2) is 11.2 Å². The van der Waals surface area contributed by atoms with E-state index in [1.165, 1.54) is 0 Å². The van der Waals surface area contributed by atoms with Crippen LogP contribution in [0.2, 0.25) is 0 Å². The normalized spacial score (nSPS) is 18.1. The van der Waals surface area contributed by atoms with Gasteiger partial charge < -0.3 is 15.0 Å². The zero-order valence-corrected chi connectivity index (χ0v) is 13.6. The lowest BCUT2D eigenvalue weighted by Crippen LogP contribution is -2.48. The fourth-order valence-electron chi connectivity index (χ4n) is 2.22. The number of anilines is 2. The maximum atomic E-state index is 5.76. The monoisotopic (exact) mass is 296 g/mol. The van der Waals surface area contributed by atoms with Crippen LogP contribution in [0.4, 0.5) is 11.6 Å². The van der Waals surface area contributed by atoms with E-state index in [2.05, 4.69) is 41.0 Å². The van der Waals surface area contributed by atoms with Crippen LogP contribution in [0.3, 0.4) is 0 Å². The highest BCUT2D eigenvalue weighted by atomic mass is 32.2. The van der Waals surface area contributed by atoms with E-state index < -0.39 is 0 Å². The number of ether oxygens (including phenoxy) is 1. The molecule has 112 valence electrons. The molecule has 0 amide bonds. The maximum Gasteiger partial charge on any atom is 0.191 e. The van der Waals surface area contributed by atoms with Crippen molar-refractivity contribution in [3.8, 4) is 0 Å². The Morgan fingerprint density at radius 3 is 2.90 bits per heavy atom. The highest BCUT2D eigenvalue weighted by molar-refractivity contribution is 7.98. The molecule has 1 aromatic heterocycles. The SMILES string of the molecule is CCCNc1cc(N2CCOC(C)(C)C2)nc(SC)n1. The van der Waals surface area contributed by atoms with Gasteiger partial charge in [0.1, 0.15) is 11.6 Å². The number of hydrogen-bond acceptors (Lipinski definition) is 6. The van der Waals surface area contributed by atoms with Crippen LogP contribution >= 0.6 is 11.8 Å². The number of morpholine rings is 1. The Kier molecular flexibility index (Phi) is 5.10. The van der Waals surface area contributed by atoms with Gasteiger partial charge in [-0.15, -0.1) is 0 Å². The molecule has 0 aliphatic carbocycles. The summed E-state index contributed by atoms with van der Waals surface area (Å²) in [7, 11) is 0. The van der Waals surface area contributed by atoms with E-state index in [1.54, 1.807) is 11.8 Å². The van der Waals surface area contributed by atoms with Crippen molar-refractivity contribution < 1.29 is 4.74 Å². The Morgan fingerprint density at radius 1 is 1.45 bits per heavy atom. The summed E-state index contributed by atoms with van der Waals surface area (Å²) in [4.78, 5) is 11.4. The Hall–Kier alpha value is -1.01. The molecule has 1 aliphatic heterocycles. The van der Waals surface area contributed by atoms with Crippen LogP contribution in [0, 0.1) is 0 Å². The Morgan fingerprint density at radius 2 is 2.25 bits per heavy atom. The zero-order chi connectivity index (χ0) is 14.6. The molecule has 20 heavy (non-hydrogen) atoms. The van der Waals surface area contributed by atoms with Gasteiger partial charge in [-0.05, 0) is 26.5 Å². The summed E-state index contributed by atoms with van der Waals surface area (Å²) >= 11 is 1.57. The largest absolute Gasteiger partial charge is 0.372 e. The number of nitrogens with zero attached hydrogens (tertiary/aromatic N) is 3. The average Bonchev–Trinajstić information content (AvgIpc) is 2.43. The third-order valence-electron chi connectivity index (χ3n) is 3.18. The van der Waals surface area contributed by atoms with E-state index in [0.29, 0.717) is 0 Å². The predicted molar refractivity (Wildman–Crippen MR) is 84.8 cm³/mol. The number of nitrogens with one attached hydrogen (secondary N) is 1. The van der Waals surface area contributed by atoms with E-state index in [0.717, 1.165) is 49.5 Å². The molecule has 1 fully saturated rings. The fraction of sp³-hybridized carbons (Fsp3) is 0.714. The number of hydrogen-bond donors (Lipinski definition) is 1. The summed E-state index contributed by atoms with van der Waals surface area (Å²) in [5.74, 6) is 1.89. The van der Waals surface area contributed by atoms with E-state index in [4.69, 9.17) is 4.74 Å². The van der Waals surface area contributed by atoms with Crippen molar-refractivity contribution in [2.24, 2.45) is 0 Å². The molecule has 0 spiro atoms. The maximum absolute atomic E-state index is 5.76. The van der Waals surface area contributed by atoms with Gasteiger partial charge in [0.2, 0.25) is 0 Å². The van der Waals surface area contributed by atoms with Crippen LogP contribution in [-0.4, -0.2) is 48.1 Å². The second kappa shape index (κ2) is 6.63. The third kappa shape index (κ3) is 3.99. The molecule has 6 heteroatoms. The molecule has 5 nitrogen and oxygen atoms in total. The van der Waals surface area contributed by atoms with Gasteiger partial charge in [0, 0.05) is 25.7 Å². The summed E-state index contributed by atoms with van der Waals surface area (Å²) < 4.78 is 5.76. The molecule has 1 aliphatic rings. The Bertz CT molecular complexity index is 453. The molecule has 1 saturated heterocycles. The van der Waals surface area contributed by atoms with Gasteiger partial charge in [-0.1, -0.05) is 18.7 Å². The van der Waals surface area contributed by atoms with Crippen molar-refractivity contribution >= 4 is 23.4 Å². The summed E-state index contributed by atoms with van der Waals surface area (Å²) in [5.41, 5.74) is -0.125. The van der Waals surface area contributed by atoms with Gasteiger partial charge in [-0.3, -0.25) is 0 Å². The average molecular weight is 296 g/mol. The van der Waals surface area contributed by atoms with Crippen molar-refractivity contribution in [3.63, 3.8) is 0 Å². The van der Waals surface area contributed by atoms with E-state index in [-0.39, 0.29) is 5.60 Å². The molecule has 2 heterocycles. The fourth-order valence-corrected chi connectivity index (χ4v) is 2.60. The van der Waals surface area contributed by atoms with E-state index in [1.807, 2.05) is 12.3 Å². The first-order chi connectivity index (χ1) is 9.54. The second-order valence-electron chi connectivity index (χ2n) is 5.55. The molecular weight excluding hydrogens is 272 g/mol. The van der Waals surface area contributed by atoms with Crippen LogP contribution in [0.25, 0.3) is 0 Å². The molecule has 0 radical (unpaired) electrons. The third-order valence-corrected chi connectivity index (χ3v) is 3.73. The van der Waals surface area contributed by atoms with Crippen molar-refractivity contribution in [3.05, 3.63) is 6.07 Å². The highest BCUT2D eigenvalue weighted by Crippen LogP contribution is 2.25. The smallest absolute Gasteiger partial charge is 0.191 e. The molecule has 0 atom stereocenters. The van der Waals surface area contributed by atoms with E-state index in [9.17, 15) is 0 Å². The van der Waals surface area contributed by atoms with Gasteiger partial charge >= 0.3 is 0 Å². The van der Waals surface area contributed by atoms with Crippen LogP contribution in [-0.2, 0) is 4.74 Å². The van der Waals surface area contributed by atoms with Crippen molar-refractivity contribution in [2.75, 3.05) is 42.7 Å². The van der Waals surface area contributed by atoms with Crippen molar-refractivity contribution in [2.45, 2.75) is 37.9 Å². The first kappa shape index (κ1) is 15.4. The lowest BCUT2D eigenvalue weighted by Gasteiger charge is -2.38. The number of rotatable bonds is 5. The van der Waals surface area contributed by atoms with Gasteiger partial charge in [0.25, 0.3) is 0 Å². The second-order valence-corrected chi connectivity index (χ2v) is 6.33. The standard InChI is InChI=1S/C14H24N4OS/c1-5-6-15-11-9-12(17-13(16-11)20-4)18-7-8-19-14(2,3)10-18/h9H,5-8,10H2,1-4H3,(H,15,16,17). The molecule has 0 saturated carbocycles. The van der Waals surface area contributed by atoms with Crippen molar-refractivity contribution in [1.82, 2.24) is 9.97 Å². The molecular formula is C14H24N4OS. The summed E-state index contributed by atoms with van der Waals surface area (Å²) in [6.07, 6.45) is 3.09. The van der Waals surface area contributed by atoms with Gasteiger partial charge in [-0.25, -0.2) is 9.97 Å². The van der Waals surface area contributed by atoms with Crippen molar-refractivity contribution in [1.29, 1.82) is 0 Å². The summed E-state index contributed by atoms with van der Waals surface area (Å²) in [6.45, 7) is 9.78. The van der Waals surface area contributed by atoms with Crippen LogP contribution < -0.4 is 10.2 Å². The number of thioether (sulfide) groups is 1. The zero-order valence-electron chi connectivity index (χ0n) is 12.8. The first-order valence-corrected chi connectivity index (χ1v) is 8.32. The minimum atomic E-state index is -0.125. The Balaban J connectivity index is 2.21. The first-order valence-electron chi connectivity index (χ1n) is 7.10. The van der Waals surface area contributed by atoms with Gasteiger partial charge in [-0.2, -0.15) is 0 Å². The minimum Gasteiger partial charge on any atom is -0.372 e. The molecule has 0 bridgehead atoms. The molecule has 1 N–H and O–H groups in total. The van der Waals surface area contributed by atoms with Crippen LogP contribution in [0.1, 0.15) is 27.2 Å². The predicted octanol–water partition coefficient (Wildman–Crippen LogP) is 2.64. The topological polar surface area (TPSA) is 50.3 Å². The van der Waals surface area contributed by atoms with Gasteiger partial charge in [0.05, 0.1) is 12.2 Å². The number of aromatic nitrogens is 2. The summed E-state index contributed by atoms with van der Waals surface area (Å²) in [6, 6.07) is 2.04. The quantitative estimate of drug-likeness (QED) is 0.666. The molecule has 0 aromatic carbocycles. The minimum absolute atomic E-state index is 0.125. The lowest BCUT2D eigenvalue weighted by atomic mass is 10.1. The molecule has 1 aromatic rings. The summed E-state index contributed by atoms with van der Waals surface area (Å²) in [5, 5.41) is 4.16. The Labute approximate surface area is 125 Å². The van der Waals surface area contributed by atoms with E-state index >= 15 is 0 Å². The highest BCUT2D eigenvalue weighted by Gasteiger charge is 2.28. The lowest BCUT2D eigenvalue weighted by molar-refractivity contribution is -0.0279. The molecule has 0 unspecified atom stereocenters. The van der Waals surface area contributed by atoms with Crippen LogP contribution in [0.5, 0.6) is 0 Å².